The summed E-state index contributed by atoms with van der Waals surface area (Å²) < 4.78 is 26.3. The largest absolute Gasteiger partial charge is 0.493 e. The molecule has 0 spiro atoms. The lowest BCUT2D eigenvalue weighted by Crippen LogP contribution is -2.36. The first-order valence-corrected chi connectivity index (χ1v) is 15.3. The molecular weight excluding hydrogens is 556 g/mol. The Bertz CT molecular complexity index is 1410. The maximum atomic E-state index is 13.3. The summed E-state index contributed by atoms with van der Waals surface area (Å²) in [4.78, 5) is 26.8. The molecule has 2 aliphatic heterocycles. The lowest BCUT2D eigenvalue weighted by molar-refractivity contribution is -0.131. The molecular formula is C31H38N4O6S. The van der Waals surface area contributed by atoms with Gasteiger partial charge in [0.1, 0.15) is 6.04 Å². The molecule has 224 valence electrons. The van der Waals surface area contributed by atoms with Gasteiger partial charge in [-0.15, -0.1) is 0 Å². The first-order valence-electron chi connectivity index (χ1n) is 13.7. The van der Waals surface area contributed by atoms with Crippen LogP contribution >= 0.6 is 0 Å². The van der Waals surface area contributed by atoms with Crippen LogP contribution in [0.1, 0.15) is 35.6 Å². The minimum Gasteiger partial charge on any atom is -0.493 e. The van der Waals surface area contributed by atoms with Crippen LogP contribution in [0.4, 0.5) is 16.2 Å². The summed E-state index contributed by atoms with van der Waals surface area (Å²) in [6, 6.07) is 18.3. The predicted octanol–water partition coefficient (Wildman–Crippen LogP) is 4.68. The summed E-state index contributed by atoms with van der Waals surface area (Å²) in [5.74, 6) is 1.38. The molecule has 10 nitrogen and oxygen atoms in total. The van der Waals surface area contributed by atoms with E-state index in [9.17, 15) is 13.8 Å². The second-order valence-electron chi connectivity index (χ2n) is 9.91. The molecule has 3 aromatic rings. The number of anilines is 2. The zero-order chi connectivity index (χ0) is 30.1. The lowest BCUT2D eigenvalue weighted by atomic mass is 10.0. The van der Waals surface area contributed by atoms with E-state index in [4.69, 9.17) is 9.47 Å². The number of hydrogen-bond donors (Lipinski definition) is 3. The zero-order valence-corrected chi connectivity index (χ0v) is 25.2. The van der Waals surface area contributed by atoms with Crippen LogP contribution < -0.4 is 25.4 Å². The third-order valence-corrected chi connectivity index (χ3v) is 8.11. The molecule has 3 aromatic carbocycles. The third-order valence-electron chi connectivity index (χ3n) is 7.17. The number of likely N-dealkylation sites (tertiary alicyclic amines) is 1. The Labute approximate surface area is 249 Å². The molecule has 3 N–H and O–H groups in total. The summed E-state index contributed by atoms with van der Waals surface area (Å²) >= 11 is 0. The fourth-order valence-corrected chi connectivity index (χ4v) is 5.41. The standard InChI is InChI=1S/C22H27N3O3.C9H11NO3S/c1-27-19-8-6-15(12-20(19)28-2)21(22(26)25-9-3-4-10-25)24-18-7-5-16-13-23-14-17(16)11-18;1-13-9(11)10-7-3-5-8(6-4-7)14(2)12/h5-8,11-12,21,23-24H,3-4,9-10,13-14H2,1-2H3;3-6H,1-2H3,(H,10,11). The third kappa shape index (κ3) is 7.80. The minimum atomic E-state index is -0.996. The van der Waals surface area contributed by atoms with Crippen molar-refractivity contribution < 1.29 is 28.0 Å². The number of ether oxygens (including phenoxy) is 3. The zero-order valence-electron chi connectivity index (χ0n) is 24.4. The maximum Gasteiger partial charge on any atom is 0.411 e. The molecule has 42 heavy (non-hydrogen) atoms. The number of nitrogens with zero attached hydrogens (tertiary/aromatic N) is 1. The van der Waals surface area contributed by atoms with E-state index in [1.165, 1.54) is 18.2 Å². The van der Waals surface area contributed by atoms with Gasteiger partial charge in [-0.2, -0.15) is 0 Å². The smallest absolute Gasteiger partial charge is 0.411 e. The van der Waals surface area contributed by atoms with Gasteiger partial charge in [0.2, 0.25) is 5.91 Å². The normalized spacial score (nSPS) is 15.0. The number of carbonyl (C=O) groups is 2. The number of hydrogen-bond acceptors (Lipinski definition) is 8. The van der Waals surface area contributed by atoms with E-state index < -0.39 is 22.9 Å². The molecule has 11 heteroatoms. The topological polar surface area (TPSA) is 118 Å². The van der Waals surface area contributed by atoms with Gasteiger partial charge in [-0.25, -0.2) is 4.79 Å². The molecule has 0 bridgehead atoms. The fraction of sp³-hybridized carbons (Fsp3) is 0.355. The number of methoxy groups -OCH3 is 3. The van der Waals surface area contributed by atoms with E-state index >= 15 is 0 Å². The van der Waals surface area contributed by atoms with Crippen LogP contribution in [-0.2, 0) is 33.4 Å². The van der Waals surface area contributed by atoms with Crippen molar-refractivity contribution in [2.75, 3.05) is 51.3 Å². The van der Waals surface area contributed by atoms with Gasteiger partial charge in [0, 0.05) is 59.5 Å². The van der Waals surface area contributed by atoms with E-state index in [-0.39, 0.29) is 5.91 Å². The highest BCUT2D eigenvalue weighted by atomic mass is 32.2. The SMILES string of the molecule is COC(=O)Nc1ccc(S(C)=O)cc1.COc1ccc(C(Nc2ccc3c(c2)CNC3)C(=O)N2CCCC2)cc1OC. The van der Waals surface area contributed by atoms with Crippen LogP contribution in [0.15, 0.2) is 65.6 Å². The van der Waals surface area contributed by atoms with Crippen LogP contribution in [0, 0.1) is 0 Å². The molecule has 1 saturated heterocycles. The molecule has 0 aromatic heterocycles. The average Bonchev–Trinajstić information content (AvgIpc) is 3.72. The molecule has 0 radical (unpaired) electrons. The number of amides is 2. The van der Waals surface area contributed by atoms with E-state index in [0.717, 1.165) is 55.2 Å². The van der Waals surface area contributed by atoms with Gasteiger partial charge < -0.3 is 29.7 Å². The van der Waals surface area contributed by atoms with Gasteiger partial charge in [0.05, 0.1) is 21.3 Å². The van der Waals surface area contributed by atoms with E-state index in [1.54, 1.807) is 44.7 Å². The molecule has 2 unspecified atom stereocenters. The maximum absolute atomic E-state index is 13.3. The molecule has 1 fully saturated rings. The highest BCUT2D eigenvalue weighted by Gasteiger charge is 2.29. The Morgan fingerprint density at radius 1 is 0.857 bits per heavy atom. The van der Waals surface area contributed by atoms with Crippen LogP contribution in [0.2, 0.25) is 0 Å². The van der Waals surface area contributed by atoms with E-state index in [2.05, 4.69) is 38.9 Å². The molecule has 2 heterocycles. The Morgan fingerprint density at radius 2 is 1.52 bits per heavy atom. The number of nitrogens with one attached hydrogen (secondary N) is 3. The first-order chi connectivity index (χ1) is 20.3. The van der Waals surface area contributed by atoms with Crippen molar-refractivity contribution in [2.45, 2.75) is 36.9 Å². The monoisotopic (exact) mass is 594 g/mol. The Kier molecular flexibility index (Phi) is 10.8. The second kappa shape index (κ2) is 14.7. The Morgan fingerprint density at radius 3 is 2.17 bits per heavy atom. The fourth-order valence-electron chi connectivity index (χ4n) is 4.89. The van der Waals surface area contributed by atoms with Crippen LogP contribution in [0.3, 0.4) is 0 Å². The molecule has 0 saturated carbocycles. The molecule has 5 rings (SSSR count). The average molecular weight is 595 g/mol. The number of benzene rings is 3. The summed E-state index contributed by atoms with van der Waals surface area (Å²) in [5, 5.41) is 9.33. The number of fused-ring (bicyclic) bond motifs is 1. The molecule has 2 aliphatic rings. The molecule has 0 aliphatic carbocycles. The predicted molar refractivity (Wildman–Crippen MR) is 164 cm³/mol. The van der Waals surface area contributed by atoms with Gasteiger partial charge in [0.15, 0.2) is 11.5 Å². The van der Waals surface area contributed by atoms with E-state index in [1.807, 2.05) is 23.1 Å². The molecule has 2 amide bonds. The van der Waals surface area contributed by atoms with Crippen molar-refractivity contribution in [3.8, 4) is 11.5 Å². The highest BCUT2D eigenvalue weighted by molar-refractivity contribution is 7.84. The van der Waals surface area contributed by atoms with Crippen molar-refractivity contribution in [1.82, 2.24) is 10.2 Å². The quantitative estimate of drug-likeness (QED) is 0.344. The van der Waals surface area contributed by atoms with Gasteiger partial charge in [-0.1, -0.05) is 12.1 Å². The van der Waals surface area contributed by atoms with Gasteiger partial charge in [0.25, 0.3) is 0 Å². The Balaban J connectivity index is 0.000000244. The van der Waals surface area contributed by atoms with Crippen LogP contribution in [0.25, 0.3) is 0 Å². The van der Waals surface area contributed by atoms with Crippen molar-refractivity contribution in [3.05, 3.63) is 77.4 Å². The first kappa shape index (κ1) is 30.9. The summed E-state index contributed by atoms with van der Waals surface area (Å²) in [6.45, 7) is 3.41. The van der Waals surface area contributed by atoms with E-state index in [0.29, 0.717) is 17.2 Å². The lowest BCUT2D eigenvalue weighted by Gasteiger charge is -2.26. The number of carbonyl (C=O) groups excluding carboxylic acids is 2. The highest BCUT2D eigenvalue weighted by Crippen LogP contribution is 2.33. The van der Waals surface area contributed by atoms with Gasteiger partial charge >= 0.3 is 6.09 Å². The second-order valence-corrected chi connectivity index (χ2v) is 11.3. The van der Waals surface area contributed by atoms with Gasteiger partial charge in [-0.05, 0) is 78.1 Å². The number of rotatable bonds is 8. The summed E-state index contributed by atoms with van der Waals surface area (Å²) in [5.41, 5.74) is 5.04. The van der Waals surface area contributed by atoms with Crippen molar-refractivity contribution in [3.63, 3.8) is 0 Å². The molecule has 2 atom stereocenters. The summed E-state index contributed by atoms with van der Waals surface area (Å²) in [6.07, 6.45) is 3.21. The van der Waals surface area contributed by atoms with Gasteiger partial charge in [-0.3, -0.25) is 14.3 Å². The van der Waals surface area contributed by atoms with Crippen molar-refractivity contribution >= 4 is 34.2 Å². The van der Waals surface area contributed by atoms with Crippen molar-refractivity contribution in [1.29, 1.82) is 0 Å². The minimum absolute atomic E-state index is 0.100. The summed E-state index contributed by atoms with van der Waals surface area (Å²) in [7, 11) is 3.52. The van der Waals surface area contributed by atoms with Crippen LogP contribution in [-0.4, -0.2) is 61.8 Å². The van der Waals surface area contributed by atoms with Crippen molar-refractivity contribution in [2.24, 2.45) is 0 Å². The van der Waals surface area contributed by atoms with Crippen LogP contribution in [0.5, 0.6) is 11.5 Å². The Hall–Kier alpha value is -4.09.